The summed E-state index contributed by atoms with van der Waals surface area (Å²) >= 11 is 0. The van der Waals surface area contributed by atoms with Gasteiger partial charge in [-0.2, -0.15) is 8.78 Å². The minimum Gasteiger partial charge on any atom is -0.477 e. The van der Waals surface area contributed by atoms with Gasteiger partial charge in [0, 0.05) is 0 Å². The molecule has 0 saturated heterocycles. The Bertz CT molecular complexity index is 929. The van der Waals surface area contributed by atoms with Crippen molar-refractivity contribution in [2.75, 3.05) is 0 Å². The summed E-state index contributed by atoms with van der Waals surface area (Å²) in [5.74, 6) is -6.36. The van der Waals surface area contributed by atoms with E-state index >= 15 is 0 Å². The van der Waals surface area contributed by atoms with Gasteiger partial charge in [-0.1, -0.05) is 13.8 Å². The first-order valence-electron chi connectivity index (χ1n) is 11.7. The highest BCUT2D eigenvalue weighted by Gasteiger charge is 2.57. The first-order valence-corrected chi connectivity index (χ1v) is 11.7. The average Bonchev–Trinajstić information content (AvgIpc) is 2.75. The highest BCUT2D eigenvalue weighted by molar-refractivity contribution is 5.90. The van der Waals surface area contributed by atoms with Gasteiger partial charge >= 0.3 is 24.0 Å². The maximum Gasteiger partial charge on any atom is 0.514 e. The molecule has 1 aromatic carbocycles. The van der Waals surface area contributed by atoms with Gasteiger partial charge in [0.2, 0.25) is 0 Å². The Morgan fingerprint density at radius 1 is 1.00 bits per heavy atom. The molecule has 0 heterocycles. The minimum absolute atomic E-state index is 0.0828. The lowest BCUT2D eigenvalue weighted by Gasteiger charge is -2.58. The maximum absolute atomic E-state index is 13.9. The van der Waals surface area contributed by atoms with Crippen molar-refractivity contribution in [1.82, 2.24) is 0 Å². The molecule has 0 aromatic heterocycles. The van der Waals surface area contributed by atoms with Crippen LogP contribution in [0.2, 0.25) is 0 Å². The Kier molecular flexibility index (Phi) is 6.33. The van der Waals surface area contributed by atoms with Crippen molar-refractivity contribution < 1.29 is 42.5 Å². The fourth-order valence-corrected chi connectivity index (χ4v) is 6.18. The predicted molar refractivity (Wildman–Crippen MR) is 116 cm³/mol. The van der Waals surface area contributed by atoms with Crippen LogP contribution in [0.1, 0.15) is 63.2 Å². The second-order valence-corrected chi connectivity index (χ2v) is 10.5. The van der Waals surface area contributed by atoms with Gasteiger partial charge in [-0.05, 0) is 92.9 Å². The summed E-state index contributed by atoms with van der Waals surface area (Å²) in [5.41, 5.74) is -0.629. The van der Waals surface area contributed by atoms with Gasteiger partial charge in [0.15, 0.2) is 6.10 Å². The molecule has 4 aliphatic carbocycles. The predicted octanol–water partition coefficient (Wildman–Crippen LogP) is 5.32. The molecule has 0 amide bonds. The van der Waals surface area contributed by atoms with Crippen molar-refractivity contribution in [3.05, 3.63) is 29.8 Å². The number of carboxylic acid groups (broad SMARTS) is 1. The third-order valence-corrected chi connectivity index (χ3v) is 7.84. The Hall–Kier alpha value is -2.71. The summed E-state index contributed by atoms with van der Waals surface area (Å²) in [4.78, 5) is 35.8. The lowest BCUT2D eigenvalue weighted by molar-refractivity contribution is -0.187. The van der Waals surface area contributed by atoms with Crippen LogP contribution in [0, 0.1) is 29.6 Å². The molecule has 4 saturated carbocycles. The Balaban J connectivity index is 1.37. The van der Waals surface area contributed by atoms with E-state index in [-0.39, 0.29) is 11.3 Å². The normalized spacial score (nSPS) is 30.6. The topological polar surface area (TPSA) is 99.1 Å². The highest BCUT2D eigenvalue weighted by Crippen LogP contribution is 2.59. The van der Waals surface area contributed by atoms with Gasteiger partial charge in [-0.25, -0.2) is 14.4 Å². The molecule has 7 nitrogen and oxygen atoms in total. The summed E-state index contributed by atoms with van der Waals surface area (Å²) < 4.78 is 43.8. The summed E-state index contributed by atoms with van der Waals surface area (Å²) in [6.45, 7) is 4.67. The third-order valence-electron chi connectivity index (χ3n) is 7.84. The van der Waals surface area contributed by atoms with Gasteiger partial charge in [0.1, 0.15) is 11.4 Å². The molecule has 1 N–H and O–H groups in total. The second kappa shape index (κ2) is 8.82. The lowest BCUT2D eigenvalue weighted by Crippen LogP contribution is -2.58. The number of halogens is 2. The number of alkyl halides is 2. The van der Waals surface area contributed by atoms with Crippen molar-refractivity contribution >= 4 is 18.1 Å². The molecule has 0 radical (unpaired) electrons. The van der Waals surface area contributed by atoms with Crippen LogP contribution in [-0.4, -0.2) is 40.8 Å². The van der Waals surface area contributed by atoms with Crippen LogP contribution < -0.4 is 4.74 Å². The molecule has 0 spiro atoms. The zero-order valence-corrected chi connectivity index (χ0v) is 19.5. The van der Waals surface area contributed by atoms with Gasteiger partial charge in [0.25, 0.3) is 0 Å². The van der Waals surface area contributed by atoms with Crippen LogP contribution in [0.15, 0.2) is 24.3 Å². The number of hydrogen-bond acceptors (Lipinski definition) is 6. The van der Waals surface area contributed by atoms with Crippen molar-refractivity contribution in [2.24, 2.45) is 29.6 Å². The van der Waals surface area contributed by atoms with Gasteiger partial charge < -0.3 is 19.3 Å². The zero-order valence-electron chi connectivity index (χ0n) is 19.5. The number of carboxylic acids is 1. The second-order valence-electron chi connectivity index (χ2n) is 10.5. The molecule has 4 aliphatic rings. The largest absolute Gasteiger partial charge is 0.514 e. The smallest absolute Gasteiger partial charge is 0.477 e. The van der Waals surface area contributed by atoms with Crippen LogP contribution in [0.3, 0.4) is 0 Å². The number of aliphatic carboxylic acids is 1. The van der Waals surface area contributed by atoms with E-state index in [1.807, 2.05) is 6.92 Å². The number of ether oxygens (including phenoxy) is 3. The highest BCUT2D eigenvalue weighted by atomic mass is 19.3. The zero-order chi connectivity index (χ0) is 24.8. The summed E-state index contributed by atoms with van der Waals surface area (Å²) in [6.07, 6.45) is 2.64. The first-order chi connectivity index (χ1) is 15.9. The summed E-state index contributed by atoms with van der Waals surface area (Å²) in [6, 6.07) is 5.17. The molecule has 9 heteroatoms. The van der Waals surface area contributed by atoms with Crippen LogP contribution in [0.4, 0.5) is 13.6 Å². The SMILES string of the molecule is CC(C)C(OC(=O)c1ccc(OC(=O)OC2(C)C3CC4CC(C3)CC2C4)cc1)C(F)(F)C(=O)O. The Morgan fingerprint density at radius 2 is 1.53 bits per heavy atom. The van der Waals surface area contributed by atoms with Gasteiger partial charge in [-0.15, -0.1) is 0 Å². The third kappa shape index (κ3) is 4.49. The van der Waals surface area contributed by atoms with E-state index in [0.717, 1.165) is 37.5 Å². The maximum atomic E-state index is 13.9. The van der Waals surface area contributed by atoms with E-state index in [1.54, 1.807) is 0 Å². The molecule has 4 bridgehead atoms. The van der Waals surface area contributed by atoms with E-state index in [0.29, 0.717) is 11.8 Å². The fraction of sp³-hybridized carbons (Fsp3) is 0.640. The molecule has 1 aromatic rings. The number of benzene rings is 1. The molecule has 186 valence electrons. The first kappa shape index (κ1) is 24.4. The summed E-state index contributed by atoms with van der Waals surface area (Å²) in [5, 5.41) is 8.77. The van der Waals surface area contributed by atoms with E-state index in [1.165, 1.54) is 44.5 Å². The van der Waals surface area contributed by atoms with Crippen LogP contribution in [0.5, 0.6) is 5.75 Å². The van der Waals surface area contributed by atoms with Gasteiger partial charge in [-0.3, -0.25) is 0 Å². The van der Waals surface area contributed by atoms with Crippen molar-refractivity contribution in [3.8, 4) is 5.75 Å². The number of carbonyl (C=O) groups excluding carboxylic acids is 2. The number of carbonyl (C=O) groups is 3. The Labute approximate surface area is 196 Å². The molecule has 1 atom stereocenters. The lowest BCUT2D eigenvalue weighted by atomic mass is 9.50. The molecular weight excluding hydrogens is 450 g/mol. The Morgan fingerprint density at radius 3 is 2.00 bits per heavy atom. The quantitative estimate of drug-likeness (QED) is 0.417. The van der Waals surface area contributed by atoms with E-state index in [9.17, 15) is 23.2 Å². The van der Waals surface area contributed by atoms with Gasteiger partial charge in [0.05, 0.1) is 5.56 Å². The standard InChI is InChI=1S/C25H30F2O7/c1-13(2)20(25(26,27)22(29)30)33-21(28)16-4-6-19(7-5-16)32-23(31)34-24(3)17-9-14-8-15(11-17)12-18(24)10-14/h4-7,13-15,17-18,20H,8-12H2,1-3H3,(H,29,30). The van der Waals surface area contributed by atoms with Crippen LogP contribution in [0.25, 0.3) is 0 Å². The van der Waals surface area contributed by atoms with Crippen molar-refractivity contribution in [3.63, 3.8) is 0 Å². The van der Waals surface area contributed by atoms with Crippen LogP contribution >= 0.6 is 0 Å². The van der Waals surface area contributed by atoms with Crippen LogP contribution in [-0.2, 0) is 14.3 Å². The van der Waals surface area contributed by atoms with E-state index in [2.05, 4.69) is 0 Å². The fourth-order valence-electron chi connectivity index (χ4n) is 6.18. The van der Waals surface area contributed by atoms with E-state index in [4.69, 9.17) is 19.3 Å². The molecule has 1 unspecified atom stereocenters. The molecular formula is C25H30F2O7. The number of esters is 1. The molecule has 5 rings (SSSR count). The minimum atomic E-state index is -4.23. The molecule has 4 fully saturated rings. The van der Waals surface area contributed by atoms with Crippen molar-refractivity contribution in [2.45, 2.75) is 70.5 Å². The monoisotopic (exact) mass is 480 g/mol. The number of rotatable bonds is 7. The van der Waals surface area contributed by atoms with Crippen molar-refractivity contribution in [1.29, 1.82) is 0 Å². The molecule has 34 heavy (non-hydrogen) atoms. The van der Waals surface area contributed by atoms with E-state index < -0.39 is 41.6 Å². The summed E-state index contributed by atoms with van der Waals surface area (Å²) in [7, 11) is 0. The average molecular weight is 481 g/mol. The number of hydrogen-bond donors (Lipinski definition) is 1. The molecule has 0 aliphatic heterocycles.